The van der Waals surface area contributed by atoms with E-state index in [2.05, 4.69) is 9.97 Å². The predicted octanol–water partition coefficient (Wildman–Crippen LogP) is 2.51. The molecule has 3 heterocycles. The number of hydrogen-bond donors (Lipinski definition) is 1. The fourth-order valence-electron chi connectivity index (χ4n) is 2.21. The maximum Gasteiger partial charge on any atom is 0.433 e. The van der Waals surface area contributed by atoms with Gasteiger partial charge in [-0.25, -0.2) is 4.98 Å². The minimum Gasteiger partial charge on any atom is -0.363 e. The first-order chi connectivity index (χ1) is 10.4. The smallest absolute Gasteiger partial charge is 0.363 e. The lowest BCUT2D eigenvalue weighted by molar-refractivity contribution is -0.140. The number of hydrogen-bond acceptors (Lipinski definition) is 3. The summed E-state index contributed by atoms with van der Waals surface area (Å²) in [7, 11) is 0. The molecule has 0 aliphatic carbocycles. The van der Waals surface area contributed by atoms with Crippen molar-refractivity contribution in [1.29, 1.82) is 0 Å². The van der Waals surface area contributed by atoms with Crippen LogP contribution in [0.5, 0.6) is 0 Å². The molecule has 3 aromatic heterocycles. The quantitative estimate of drug-likeness (QED) is 0.790. The number of carbonyl (C=O) groups is 1. The molecule has 0 saturated heterocycles. The highest BCUT2D eigenvalue weighted by Gasteiger charge is 2.35. The van der Waals surface area contributed by atoms with E-state index in [9.17, 15) is 18.0 Å². The van der Waals surface area contributed by atoms with Gasteiger partial charge < -0.3 is 5.73 Å². The lowest BCUT2D eigenvalue weighted by Gasteiger charge is -2.11. The van der Waals surface area contributed by atoms with Crippen LogP contribution in [0.15, 0.2) is 42.9 Å². The van der Waals surface area contributed by atoms with Crippen LogP contribution in [0, 0.1) is 0 Å². The number of primary amides is 1. The number of imidazole rings is 1. The molecule has 0 radical (unpaired) electrons. The number of fused-ring (bicyclic) bond motifs is 1. The first kappa shape index (κ1) is 14.1. The Labute approximate surface area is 122 Å². The summed E-state index contributed by atoms with van der Waals surface area (Å²) in [6.07, 6.45) is -0.644. The van der Waals surface area contributed by atoms with Crippen molar-refractivity contribution in [2.24, 2.45) is 5.73 Å². The summed E-state index contributed by atoms with van der Waals surface area (Å²) in [6.45, 7) is 0. The molecular weight excluding hydrogens is 297 g/mol. The summed E-state index contributed by atoms with van der Waals surface area (Å²) in [4.78, 5) is 18.5. The summed E-state index contributed by atoms with van der Waals surface area (Å²) < 4.78 is 40.5. The van der Waals surface area contributed by atoms with Gasteiger partial charge in [0.2, 0.25) is 5.82 Å². The summed E-state index contributed by atoms with van der Waals surface area (Å²) in [5, 5.41) is 0. The summed E-state index contributed by atoms with van der Waals surface area (Å²) >= 11 is 0. The van der Waals surface area contributed by atoms with Gasteiger partial charge in [0, 0.05) is 18.0 Å². The van der Waals surface area contributed by atoms with Crippen LogP contribution in [0.1, 0.15) is 16.3 Å². The first-order valence-electron chi connectivity index (χ1n) is 6.17. The van der Waals surface area contributed by atoms with E-state index in [1.165, 1.54) is 41.1 Å². The van der Waals surface area contributed by atoms with Gasteiger partial charge >= 0.3 is 6.18 Å². The highest BCUT2D eigenvalue weighted by molar-refractivity contribution is 5.90. The third kappa shape index (κ3) is 2.28. The van der Waals surface area contributed by atoms with Crippen LogP contribution in [0.4, 0.5) is 13.2 Å². The van der Waals surface area contributed by atoms with Gasteiger partial charge in [0.05, 0.1) is 11.7 Å². The van der Waals surface area contributed by atoms with Crippen molar-refractivity contribution in [3.63, 3.8) is 0 Å². The molecule has 3 aromatic rings. The van der Waals surface area contributed by atoms with E-state index >= 15 is 0 Å². The highest BCUT2D eigenvalue weighted by atomic mass is 19.4. The molecule has 0 spiro atoms. The average molecular weight is 306 g/mol. The van der Waals surface area contributed by atoms with Crippen LogP contribution in [-0.2, 0) is 6.18 Å². The zero-order chi connectivity index (χ0) is 15.9. The van der Waals surface area contributed by atoms with E-state index in [-0.39, 0.29) is 11.4 Å². The minimum absolute atomic E-state index is 0.0174. The van der Waals surface area contributed by atoms with E-state index < -0.39 is 17.8 Å². The van der Waals surface area contributed by atoms with Crippen LogP contribution in [0.25, 0.3) is 16.6 Å². The van der Waals surface area contributed by atoms with Gasteiger partial charge in [-0.1, -0.05) is 6.07 Å². The fourth-order valence-corrected chi connectivity index (χ4v) is 2.21. The molecule has 0 aliphatic rings. The van der Waals surface area contributed by atoms with E-state index in [4.69, 9.17) is 5.73 Å². The number of aromatic nitrogens is 3. The van der Waals surface area contributed by atoms with Crippen molar-refractivity contribution in [1.82, 2.24) is 14.4 Å². The summed E-state index contributed by atoms with van der Waals surface area (Å²) in [5.74, 6) is -0.700. The molecule has 2 N–H and O–H groups in total. The van der Waals surface area contributed by atoms with Crippen LogP contribution in [-0.4, -0.2) is 20.3 Å². The van der Waals surface area contributed by atoms with Gasteiger partial charge in [-0.2, -0.15) is 13.2 Å². The Hall–Kier alpha value is -2.90. The topological polar surface area (TPSA) is 73.3 Å². The van der Waals surface area contributed by atoms with Crippen molar-refractivity contribution < 1.29 is 18.0 Å². The average Bonchev–Trinajstić information content (AvgIpc) is 2.89. The molecule has 0 saturated carbocycles. The number of nitrogens with zero attached hydrogens (tertiary/aromatic N) is 3. The number of amides is 1. The van der Waals surface area contributed by atoms with Crippen LogP contribution in [0.2, 0.25) is 0 Å². The number of halogens is 3. The van der Waals surface area contributed by atoms with Gasteiger partial charge in [0.1, 0.15) is 0 Å². The van der Waals surface area contributed by atoms with Crippen molar-refractivity contribution in [3.8, 4) is 11.1 Å². The van der Waals surface area contributed by atoms with Crippen LogP contribution >= 0.6 is 0 Å². The zero-order valence-electron chi connectivity index (χ0n) is 11.0. The Kier molecular flexibility index (Phi) is 3.09. The largest absolute Gasteiger partial charge is 0.433 e. The Bertz CT molecular complexity index is 870. The van der Waals surface area contributed by atoms with Crippen molar-refractivity contribution in [2.75, 3.05) is 0 Å². The summed E-state index contributed by atoms with van der Waals surface area (Å²) in [5.41, 5.74) is 4.95. The summed E-state index contributed by atoms with van der Waals surface area (Å²) in [6, 6.07) is 5.71. The van der Waals surface area contributed by atoms with Gasteiger partial charge in [0.15, 0.2) is 5.69 Å². The number of rotatable bonds is 2. The Morgan fingerprint density at radius 3 is 2.68 bits per heavy atom. The second-order valence-electron chi connectivity index (χ2n) is 4.55. The molecule has 1 amide bonds. The predicted molar refractivity (Wildman–Crippen MR) is 71.9 cm³/mol. The van der Waals surface area contributed by atoms with E-state index in [1.54, 1.807) is 0 Å². The fraction of sp³-hybridized carbons (Fsp3) is 0.0714. The molecule has 3 rings (SSSR count). The Morgan fingerprint density at radius 2 is 2.00 bits per heavy atom. The van der Waals surface area contributed by atoms with Crippen LogP contribution < -0.4 is 5.73 Å². The second-order valence-corrected chi connectivity index (χ2v) is 4.55. The first-order valence-corrected chi connectivity index (χ1v) is 6.17. The zero-order valence-corrected chi connectivity index (χ0v) is 11.0. The molecule has 112 valence electrons. The molecule has 0 unspecified atom stereocenters. The second kappa shape index (κ2) is 4.83. The number of nitrogens with two attached hydrogens (primary N) is 1. The van der Waals surface area contributed by atoms with Gasteiger partial charge in [0.25, 0.3) is 5.91 Å². The highest BCUT2D eigenvalue weighted by Crippen LogP contribution is 2.35. The molecule has 5 nitrogen and oxygen atoms in total. The Balaban J connectivity index is 2.18. The number of alkyl halides is 3. The monoisotopic (exact) mass is 306 g/mol. The van der Waals surface area contributed by atoms with Crippen LogP contribution in [0.3, 0.4) is 0 Å². The normalized spacial score (nSPS) is 11.8. The minimum atomic E-state index is -4.55. The van der Waals surface area contributed by atoms with Gasteiger partial charge in [-0.3, -0.25) is 14.2 Å². The lowest BCUT2D eigenvalue weighted by Crippen LogP contribution is -2.15. The van der Waals surface area contributed by atoms with Crippen molar-refractivity contribution >= 4 is 11.4 Å². The molecule has 0 atom stereocenters. The van der Waals surface area contributed by atoms with Gasteiger partial charge in [-0.05, 0) is 23.8 Å². The van der Waals surface area contributed by atoms with Crippen molar-refractivity contribution in [3.05, 3.63) is 54.4 Å². The third-order valence-corrected chi connectivity index (χ3v) is 3.14. The molecule has 0 fully saturated rings. The van der Waals surface area contributed by atoms with E-state index in [0.717, 1.165) is 6.20 Å². The molecular formula is C14H9F3N4O. The molecule has 0 bridgehead atoms. The number of pyridine rings is 2. The maximum atomic E-state index is 13.0. The molecule has 0 aromatic carbocycles. The maximum absolute atomic E-state index is 13.0. The third-order valence-electron chi connectivity index (χ3n) is 3.14. The van der Waals surface area contributed by atoms with E-state index in [0.29, 0.717) is 11.1 Å². The van der Waals surface area contributed by atoms with E-state index in [1.807, 2.05) is 0 Å². The van der Waals surface area contributed by atoms with Gasteiger partial charge in [-0.15, -0.1) is 0 Å². The Morgan fingerprint density at radius 1 is 1.23 bits per heavy atom. The standard InChI is InChI=1S/C14H9F3N4O/c15-14(16,17)11-10(2-1-4-19-11)8-3-5-21-9(6-8)7-20-13(21)12(18)22/h1-7H,(H2,18,22). The lowest BCUT2D eigenvalue weighted by atomic mass is 10.0. The number of carbonyl (C=O) groups excluding carboxylic acids is 1. The SMILES string of the molecule is NC(=O)c1ncc2cc(-c3cccnc3C(F)(F)F)ccn12. The van der Waals surface area contributed by atoms with Crippen molar-refractivity contribution in [2.45, 2.75) is 6.18 Å². The molecule has 22 heavy (non-hydrogen) atoms. The molecule has 8 heteroatoms. The molecule has 0 aliphatic heterocycles.